The fourth-order valence-corrected chi connectivity index (χ4v) is 3.15. The average Bonchev–Trinajstić information content (AvgIpc) is 3.43. The van der Waals surface area contributed by atoms with Crippen molar-refractivity contribution in [2.45, 2.75) is 38.3 Å². The maximum atomic E-state index is 13.6. The van der Waals surface area contributed by atoms with Gasteiger partial charge in [0.2, 0.25) is 5.91 Å². The predicted molar refractivity (Wildman–Crippen MR) is 97.2 cm³/mol. The maximum Gasteiger partial charge on any atom is 0.352 e. The van der Waals surface area contributed by atoms with Gasteiger partial charge in [-0.05, 0) is 43.4 Å². The fourth-order valence-electron chi connectivity index (χ4n) is 3.03. The molecule has 7 nitrogen and oxygen atoms in total. The van der Waals surface area contributed by atoms with Crippen molar-refractivity contribution >= 4 is 23.2 Å². The van der Waals surface area contributed by atoms with Crippen molar-refractivity contribution in [2.75, 3.05) is 0 Å². The summed E-state index contributed by atoms with van der Waals surface area (Å²) in [7, 11) is 0. The molecule has 1 aromatic carbocycles. The minimum Gasteiger partial charge on any atom is -0.348 e. The topological polar surface area (TPSA) is 81.3 Å². The second-order valence-electron chi connectivity index (χ2n) is 6.72. The molecule has 0 radical (unpaired) electrons. The van der Waals surface area contributed by atoms with Gasteiger partial charge in [0.25, 0.3) is 0 Å². The number of hydrogen-bond donors (Lipinski definition) is 1. The molecule has 0 spiro atoms. The van der Waals surface area contributed by atoms with Gasteiger partial charge in [-0.25, -0.2) is 23.3 Å². The molecule has 2 heterocycles. The van der Waals surface area contributed by atoms with Crippen LogP contribution in [0.4, 0.5) is 4.39 Å². The van der Waals surface area contributed by atoms with E-state index in [9.17, 15) is 14.0 Å². The highest BCUT2D eigenvalue weighted by molar-refractivity contribution is 6.30. The molecule has 1 saturated carbocycles. The van der Waals surface area contributed by atoms with Crippen LogP contribution in [-0.2, 0) is 11.3 Å². The highest BCUT2D eigenvalue weighted by Gasteiger charge is 2.28. The van der Waals surface area contributed by atoms with Gasteiger partial charge in [-0.3, -0.25) is 4.79 Å². The Morgan fingerprint density at radius 2 is 2.22 bits per heavy atom. The van der Waals surface area contributed by atoms with Crippen LogP contribution in [0.25, 0.3) is 5.65 Å². The van der Waals surface area contributed by atoms with Crippen LogP contribution < -0.4 is 11.0 Å². The van der Waals surface area contributed by atoms with Crippen LogP contribution in [0.2, 0.25) is 5.02 Å². The highest BCUT2D eigenvalue weighted by Crippen LogP contribution is 2.40. The van der Waals surface area contributed by atoms with E-state index in [-0.39, 0.29) is 11.6 Å². The third kappa shape index (κ3) is 3.44. The summed E-state index contributed by atoms with van der Waals surface area (Å²) >= 11 is 5.68. The second kappa shape index (κ2) is 6.77. The molecule has 4 rings (SSSR count). The Morgan fingerprint density at radius 1 is 1.44 bits per heavy atom. The van der Waals surface area contributed by atoms with Crippen molar-refractivity contribution in [3.05, 3.63) is 63.2 Å². The summed E-state index contributed by atoms with van der Waals surface area (Å²) in [5.74, 6) is -0.568. The standard InChI is InChI=1S/C18H17ClFN5O2/c1-10(12-4-5-14(19)15(20)6-12)22-16(26)8-25-18(27)24-9-21-7-13(11-2-3-11)17(24)23-25/h4-7,9-11H,2-3,8H2,1H3,(H,22,26)/t10-/m0/s1. The summed E-state index contributed by atoms with van der Waals surface area (Å²) in [5, 5.41) is 7.07. The highest BCUT2D eigenvalue weighted by atomic mass is 35.5. The number of rotatable bonds is 5. The van der Waals surface area contributed by atoms with E-state index in [0.29, 0.717) is 17.1 Å². The zero-order valence-corrected chi connectivity index (χ0v) is 15.3. The first-order valence-electron chi connectivity index (χ1n) is 8.61. The van der Waals surface area contributed by atoms with E-state index in [4.69, 9.17) is 11.6 Å². The summed E-state index contributed by atoms with van der Waals surface area (Å²) in [6.45, 7) is 1.49. The molecule has 0 aliphatic heterocycles. The van der Waals surface area contributed by atoms with Gasteiger partial charge in [-0.15, -0.1) is 5.10 Å². The van der Waals surface area contributed by atoms with E-state index >= 15 is 0 Å². The number of hydrogen-bond acceptors (Lipinski definition) is 4. The number of fused-ring (bicyclic) bond motifs is 1. The van der Waals surface area contributed by atoms with Crippen LogP contribution in [0, 0.1) is 5.82 Å². The maximum absolute atomic E-state index is 13.6. The predicted octanol–water partition coefficient (Wildman–Crippen LogP) is 2.44. The van der Waals surface area contributed by atoms with Gasteiger partial charge < -0.3 is 5.32 Å². The van der Waals surface area contributed by atoms with Gasteiger partial charge >= 0.3 is 5.69 Å². The van der Waals surface area contributed by atoms with E-state index in [2.05, 4.69) is 15.4 Å². The third-order valence-electron chi connectivity index (χ3n) is 4.66. The first-order valence-corrected chi connectivity index (χ1v) is 8.99. The Bertz CT molecular complexity index is 1090. The van der Waals surface area contributed by atoms with Crippen molar-refractivity contribution in [1.82, 2.24) is 24.5 Å². The molecule has 2 aromatic heterocycles. The van der Waals surface area contributed by atoms with Gasteiger partial charge in [-0.1, -0.05) is 17.7 Å². The molecular weight excluding hydrogens is 373 g/mol. The minimum atomic E-state index is -0.549. The average molecular weight is 390 g/mol. The molecule has 3 aromatic rings. The lowest BCUT2D eigenvalue weighted by molar-refractivity contribution is -0.122. The summed E-state index contributed by atoms with van der Waals surface area (Å²) in [5.41, 5.74) is 1.63. The lowest BCUT2D eigenvalue weighted by atomic mass is 10.1. The van der Waals surface area contributed by atoms with E-state index in [0.717, 1.165) is 23.1 Å². The molecule has 0 bridgehead atoms. The SMILES string of the molecule is C[C@H](NC(=O)Cn1nc2c(C3CC3)cncn2c1=O)c1ccc(Cl)c(F)c1. The molecule has 0 saturated heterocycles. The van der Waals surface area contributed by atoms with Crippen LogP contribution in [0.1, 0.15) is 42.9 Å². The van der Waals surface area contributed by atoms with Gasteiger partial charge in [0, 0.05) is 11.8 Å². The van der Waals surface area contributed by atoms with Gasteiger partial charge in [0.05, 0.1) is 11.1 Å². The monoisotopic (exact) mass is 389 g/mol. The first kappa shape index (κ1) is 17.7. The summed E-state index contributed by atoms with van der Waals surface area (Å²) in [4.78, 5) is 28.9. The van der Waals surface area contributed by atoms with Crippen molar-refractivity contribution in [3.8, 4) is 0 Å². The van der Waals surface area contributed by atoms with E-state index in [1.165, 1.54) is 22.9 Å². The molecule has 1 aliphatic carbocycles. The van der Waals surface area contributed by atoms with E-state index in [1.54, 1.807) is 19.2 Å². The molecule has 140 valence electrons. The largest absolute Gasteiger partial charge is 0.352 e. The Labute approximate surface area is 158 Å². The number of carbonyl (C=O) groups excluding carboxylic acids is 1. The molecule has 1 fully saturated rings. The van der Waals surface area contributed by atoms with Crippen LogP contribution in [-0.4, -0.2) is 25.1 Å². The first-order chi connectivity index (χ1) is 12.9. The van der Waals surface area contributed by atoms with Crippen LogP contribution in [0.3, 0.4) is 0 Å². The lowest BCUT2D eigenvalue weighted by Crippen LogP contribution is -2.34. The zero-order chi connectivity index (χ0) is 19.1. The quantitative estimate of drug-likeness (QED) is 0.726. The van der Waals surface area contributed by atoms with Crippen LogP contribution in [0.5, 0.6) is 0 Å². The van der Waals surface area contributed by atoms with Crippen LogP contribution >= 0.6 is 11.6 Å². The number of nitrogens with zero attached hydrogens (tertiary/aromatic N) is 4. The summed E-state index contributed by atoms with van der Waals surface area (Å²) < 4.78 is 16.1. The second-order valence-corrected chi connectivity index (χ2v) is 7.13. The van der Waals surface area contributed by atoms with E-state index in [1.807, 2.05) is 0 Å². The van der Waals surface area contributed by atoms with Crippen molar-refractivity contribution < 1.29 is 9.18 Å². The lowest BCUT2D eigenvalue weighted by Gasteiger charge is -2.14. The Kier molecular flexibility index (Phi) is 4.43. The van der Waals surface area contributed by atoms with Crippen molar-refractivity contribution in [3.63, 3.8) is 0 Å². The third-order valence-corrected chi connectivity index (χ3v) is 4.96. The smallest absolute Gasteiger partial charge is 0.348 e. The number of benzene rings is 1. The molecule has 27 heavy (non-hydrogen) atoms. The number of nitrogens with one attached hydrogen (secondary N) is 1. The number of aromatic nitrogens is 4. The van der Waals surface area contributed by atoms with E-state index < -0.39 is 23.5 Å². The Hall–Kier alpha value is -2.74. The molecule has 1 N–H and O–H groups in total. The normalized spacial score (nSPS) is 15.1. The number of halogens is 2. The Balaban J connectivity index is 1.52. The molecule has 1 amide bonds. The van der Waals surface area contributed by atoms with Gasteiger partial charge in [0.15, 0.2) is 5.65 Å². The zero-order valence-electron chi connectivity index (χ0n) is 14.5. The molecular formula is C18H17ClFN5O2. The van der Waals surface area contributed by atoms with Crippen molar-refractivity contribution in [2.24, 2.45) is 0 Å². The molecule has 0 unspecified atom stereocenters. The summed E-state index contributed by atoms with van der Waals surface area (Å²) in [6, 6.07) is 3.91. The number of amides is 1. The van der Waals surface area contributed by atoms with Gasteiger partial charge in [-0.2, -0.15) is 0 Å². The molecule has 1 atom stereocenters. The summed E-state index contributed by atoms with van der Waals surface area (Å²) in [6.07, 6.45) is 5.24. The van der Waals surface area contributed by atoms with Crippen molar-refractivity contribution in [1.29, 1.82) is 0 Å². The van der Waals surface area contributed by atoms with Gasteiger partial charge in [0.1, 0.15) is 18.7 Å². The number of carbonyl (C=O) groups is 1. The minimum absolute atomic E-state index is 0.0219. The molecule has 1 aliphatic rings. The fraction of sp³-hybridized carbons (Fsp3) is 0.333. The Morgan fingerprint density at radius 3 is 2.93 bits per heavy atom. The van der Waals surface area contributed by atoms with Crippen LogP contribution in [0.15, 0.2) is 35.5 Å². The molecule has 9 heteroatoms.